The van der Waals surface area contributed by atoms with Gasteiger partial charge in [-0.15, -0.1) is 0 Å². The van der Waals surface area contributed by atoms with Gasteiger partial charge in [-0.2, -0.15) is 0 Å². The third-order valence-electron chi connectivity index (χ3n) is 3.94. The molecule has 0 spiro atoms. The van der Waals surface area contributed by atoms with E-state index in [2.05, 4.69) is 15.6 Å². The Morgan fingerprint density at radius 2 is 1.92 bits per heavy atom. The van der Waals surface area contributed by atoms with Crippen LogP contribution >= 0.6 is 0 Å². The van der Waals surface area contributed by atoms with Gasteiger partial charge in [0.2, 0.25) is 6.79 Å². The summed E-state index contributed by atoms with van der Waals surface area (Å²) in [6, 6.07) is 12.7. The van der Waals surface area contributed by atoms with Crippen molar-refractivity contribution in [2.24, 2.45) is 0 Å². The molecule has 126 valence electrons. The molecule has 0 unspecified atom stereocenters. The van der Waals surface area contributed by atoms with E-state index in [9.17, 15) is 9.59 Å². The molecule has 0 fully saturated rings. The molecule has 0 bridgehead atoms. The van der Waals surface area contributed by atoms with Crippen molar-refractivity contribution in [2.75, 3.05) is 12.1 Å². The van der Waals surface area contributed by atoms with Crippen molar-refractivity contribution in [3.8, 4) is 11.5 Å². The predicted molar refractivity (Wildman–Crippen MR) is 91.3 cm³/mol. The van der Waals surface area contributed by atoms with Gasteiger partial charge in [0.05, 0.1) is 5.69 Å². The van der Waals surface area contributed by atoms with Gasteiger partial charge in [0.25, 0.3) is 0 Å². The zero-order valence-electron chi connectivity index (χ0n) is 13.2. The predicted octanol–water partition coefficient (Wildman–Crippen LogP) is 2.15. The van der Waals surface area contributed by atoms with Crippen LogP contribution in [0.1, 0.15) is 5.56 Å². The summed E-state index contributed by atoms with van der Waals surface area (Å²) < 4.78 is 10.5. The van der Waals surface area contributed by atoms with Crippen molar-refractivity contribution < 1.29 is 19.1 Å². The number of carbonyl (C=O) groups is 2. The smallest absolute Gasteiger partial charge is 0.313 e. The van der Waals surface area contributed by atoms with E-state index in [-0.39, 0.29) is 13.3 Å². The minimum Gasteiger partial charge on any atom is -0.454 e. The third kappa shape index (κ3) is 2.99. The van der Waals surface area contributed by atoms with E-state index in [0.717, 1.165) is 16.5 Å². The first-order chi connectivity index (χ1) is 12.2. The minimum atomic E-state index is -0.713. The first-order valence-corrected chi connectivity index (χ1v) is 7.74. The van der Waals surface area contributed by atoms with Crippen LogP contribution in [-0.4, -0.2) is 23.6 Å². The third-order valence-corrected chi connectivity index (χ3v) is 3.94. The summed E-state index contributed by atoms with van der Waals surface area (Å²) in [7, 11) is 0. The maximum absolute atomic E-state index is 12.1. The number of hydrogen-bond acceptors (Lipinski definition) is 4. The number of benzene rings is 2. The number of aromatic amines is 1. The number of aromatic nitrogens is 1. The van der Waals surface area contributed by atoms with E-state index < -0.39 is 11.8 Å². The van der Waals surface area contributed by atoms with E-state index >= 15 is 0 Å². The van der Waals surface area contributed by atoms with Gasteiger partial charge < -0.3 is 25.1 Å². The zero-order valence-corrected chi connectivity index (χ0v) is 13.2. The van der Waals surface area contributed by atoms with Crippen LogP contribution in [0.4, 0.5) is 5.69 Å². The van der Waals surface area contributed by atoms with Gasteiger partial charge in [-0.05, 0) is 35.9 Å². The Balaban J connectivity index is 1.39. The van der Waals surface area contributed by atoms with E-state index in [0.29, 0.717) is 17.2 Å². The highest BCUT2D eigenvalue weighted by Crippen LogP contribution is 2.32. The molecule has 3 aromatic rings. The van der Waals surface area contributed by atoms with Crippen LogP contribution in [0.2, 0.25) is 0 Å². The van der Waals surface area contributed by atoms with Crippen molar-refractivity contribution in [1.29, 1.82) is 0 Å². The van der Waals surface area contributed by atoms with E-state index in [4.69, 9.17) is 9.47 Å². The molecule has 1 aliphatic heterocycles. The van der Waals surface area contributed by atoms with Gasteiger partial charge in [-0.3, -0.25) is 9.59 Å². The molecule has 3 N–H and O–H groups in total. The largest absolute Gasteiger partial charge is 0.454 e. The Hall–Kier alpha value is -3.48. The molecule has 1 aliphatic rings. The van der Waals surface area contributed by atoms with Crippen LogP contribution in [0.3, 0.4) is 0 Å². The highest BCUT2D eigenvalue weighted by molar-refractivity contribution is 6.40. The Bertz CT molecular complexity index is 964. The van der Waals surface area contributed by atoms with Gasteiger partial charge in [0, 0.05) is 23.6 Å². The first kappa shape index (κ1) is 15.1. The molecule has 2 amide bonds. The van der Waals surface area contributed by atoms with Crippen molar-refractivity contribution >= 4 is 28.4 Å². The van der Waals surface area contributed by atoms with Crippen molar-refractivity contribution in [1.82, 2.24) is 10.3 Å². The summed E-state index contributed by atoms with van der Waals surface area (Å²) in [6.45, 7) is 0.412. The van der Waals surface area contributed by atoms with Crippen LogP contribution in [-0.2, 0) is 16.1 Å². The standard InChI is InChI=1S/C18H15N3O4/c22-17(20-9-11-4-5-15-16(8-11)25-10-24-15)18(23)21-14-3-1-2-13-12(14)6-7-19-13/h1-8,19H,9-10H2,(H,20,22)(H,21,23). The van der Waals surface area contributed by atoms with Crippen LogP contribution in [0.25, 0.3) is 10.9 Å². The number of amides is 2. The fourth-order valence-corrected chi connectivity index (χ4v) is 2.69. The monoisotopic (exact) mass is 337 g/mol. The Labute approximate surface area is 142 Å². The SMILES string of the molecule is O=C(NCc1ccc2c(c1)OCO2)C(=O)Nc1cccc2[nH]ccc12. The highest BCUT2D eigenvalue weighted by atomic mass is 16.7. The fourth-order valence-electron chi connectivity index (χ4n) is 2.69. The number of ether oxygens (including phenoxy) is 2. The number of H-pyrrole nitrogens is 1. The number of anilines is 1. The number of nitrogens with one attached hydrogen (secondary N) is 3. The summed E-state index contributed by atoms with van der Waals surface area (Å²) in [6.07, 6.45) is 1.78. The van der Waals surface area contributed by atoms with E-state index in [1.54, 1.807) is 30.5 Å². The van der Waals surface area contributed by atoms with Crippen LogP contribution < -0.4 is 20.1 Å². The summed E-state index contributed by atoms with van der Waals surface area (Å²) in [5.74, 6) is -0.109. The second-order valence-corrected chi connectivity index (χ2v) is 5.57. The van der Waals surface area contributed by atoms with Crippen LogP contribution in [0.5, 0.6) is 11.5 Å². The number of carbonyl (C=O) groups excluding carboxylic acids is 2. The average Bonchev–Trinajstić information content (AvgIpc) is 3.28. The van der Waals surface area contributed by atoms with Gasteiger partial charge in [-0.25, -0.2) is 0 Å². The average molecular weight is 337 g/mol. The zero-order chi connectivity index (χ0) is 17.2. The first-order valence-electron chi connectivity index (χ1n) is 7.74. The minimum absolute atomic E-state index is 0.193. The second kappa shape index (κ2) is 6.20. The summed E-state index contributed by atoms with van der Waals surface area (Å²) in [5, 5.41) is 6.08. The molecule has 2 heterocycles. The summed E-state index contributed by atoms with van der Waals surface area (Å²) >= 11 is 0. The second-order valence-electron chi connectivity index (χ2n) is 5.57. The molecular formula is C18H15N3O4. The number of hydrogen-bond donors (Lipinski definition) is 3. The molecule has 0 saturated heterocycles. The van der Waals surface area contributed by atoms with Crippen LogP contribution in [0, 0.1) is 0 Å². The lowest BCUT2D eigenvalue weighted by molar-refractivity contribution is -0.136. The lowest BCUT2D eigenvalue weighted by Gasteiger charge is -2.08. The molecule has 7 nitrogen and oxygen atoms in total. The maximum atomic E-state index is 12.1. The molecule has 1 aromatic heterocycles. The molecule has 0 saturated carbocycles. The Kier molecular flexibility index (Phi) is 3.74. The normalized spacial score (nSPS) is 12.2. The fraction of sp³-hybridized carbons (Fsp3) is 0.111. The molecule has 4 rings (SSSR count). The topological polar surface area (TPSA) is 92.4 Å². The molecule has 7 heteroatoms. The van der Waals surface area contributed by atoms with Crippen molar-refractivity contribution in [3.05, 3.63) is 54.2 Å². The molecule has 25 heavy (non-hydrogen) atoms. The van der Waals surface area contributed by atoms with Crippen molar-refractivity contribution in [3.63, 3.8) is 0 Å². The number of fused-ring (bicyclic) bond motifs is 2. The van der Waals surface area contributed by atoms with E-state index in [1.165, 1.54) is 0 Å². The molecular weight excluding hydrogens is 322 g/mol. The van der Waals surface area contributed by atoms with Crippen molar-refractivity contribution in [2.45, 2.75) is 6.54 Å². The molecule has 0 aliphatic carbocycles. The Morgan fingerprint density at radius 1 is 1.04 bits per heavy atom. The molecule has 0 atom stereocenters. The maximum Gasteiger partial charge on any atom is 0.313 e. The lowest BCUT2D eigenvalue weighted by Crippen LogP contribution is -2.34. The number of rotatable bonds is 3. The van der Waals surface area contributed by atoms with Gasteiger partial charge in [0.15, 0.2) is 11.5 Å². The van der Waals surface area contributed by atoms with Crippen LogP contribution in [0.15, 0.2) is 48.7 Å². The van der Waals surface area contributed by atoms with Gasteiger partial charge >= 0.3 is 11.8 Å². The Morgan fingerprint density at radius 3 is 2.84 bits per heavy atom. The van der Waals surface area contributed by atoms with E-state index in [1.807, 2.05) is 18.2 Å². The van der Waals surface area contributed by atoms with Gasteiger partial charge in [-0.1, -0.05) is 12.1 Å². The summed E-state index contributed by atoms with van der Waals surface area (Å²) in [4.78, 5) is 27.2. The quantitative estimate of drug-likeness (QED) is 0.639. The summed E-state index contributed by atoms with van der Waals surface area (Å²) in [5.41, 5.74) is 2.29. The van der Waals surface area contributed by atoms with Gasteiger partial charge in [0.1, 0.15) is 0 Å². The lowest BCUT2D eigenvalue weighted by atomic mass is 10.2. The highest BCUT2D eigenvalue weighted by Gasteiger charge is 2.16. The molecule has 0 radical (unpaired) electrons. The molecule has 2 aromatic carbocycles.